The van der Waals surface area contributed by atoms with Crippen LogP contribution in [0.5, 0.6) is 0 Å². The third kappa shape index (κ3) is 4.12. The van der Waals surface area contributed by atoms with Gasteiger partial charge in [-0.1, -0.05) is 31.2 Å². The molecule has 0 aliphatic carbocycles. The molecule has 5 heteroatoms. The average Bonchev–Trinajstić information content (AvgIpc) is 3.25. The lowest BCUT2D eigenvalue weighted by Gasteiger charge is -2.10. The fourth-order valence-corrected chi connectivity index (χ4v) is 3.39. The summed E-state index contributed by atoms with van der Waals surface area (Å²) >= 11 is 1.71. The molecule has 4 nitrogen and oxygen atoms in total. The molecule has 2 N–H and O–H groups in total. The van der Waals surface area contributed by atoms with Crippen molar-refractivity contribution in [2.24, 2.45) is 5.92 Å². The Labute approximate surface area is 146 Å². The van der Waals surface area contributed by atoms with Gasteiger partial charge in [0, 0.05) is 24.9 Å². The van der Waals surface area contributed by atoms with Crippen LogP contribution in [0.15, 0.2) is 54.0 Å². The number of rotatable bonds is 8. The van der Waals surface area contributed by atoms with Crippen molar-refractivity contribution in [2.75, 3.05) is 13.2 Å². The summed E-state index contributed by atoms with van der Waals surface area (Å²) in [7, 11) is 0. The molecule has 3 rings (SSSR count). The van der Waals surface area contributed by atoms with Crippen LogP contribution in [0.25, 0.3) is 16.3 Å². The van der Waals surface area contributed by atoms with Crippen molar-refractivity contribution in [3.05, 3.63) is 59.6 Å². The molecule has 24 heavy (non-hydrogen) atoms. The molecule has 2 aromatic heterocycles. The summed E-state index contributed by atoms with van der Waals surface area (Å²) in [5.74, 6) is 0.462. The number of aromatic nitrogens is 2. The molecule has 1 unspecified atom stereocenters. The van der Waals surface area contributed by atoms with Crippen molar-refractivity contribution in [3.8, 4) is 16.3 Å². The van der Waals surface area contributed by atoms with Crippen molar-refractivity contribution in [3.63, 3.8) is 0 Å². The van der Waals surface area contributed by atoms with E-state index in [1.54, 1.807) is 11.3 Å². The lowest BCUT2D eigenvalue weighted by molar-refractivity contribution is 0.260. The van der Waals surface area contributed by atoms with Crippen molar-refractivity contribution in [1.29, 1.82) is 0 Å². The lowest BCUT2D eigenvalue weighted by atomic mass is 10.1. The second-order valence-electron chi connectivity index (χ2n) is 6.01. The summed E-state index contributed by atoms with van der Waals surface area (Å²) in [6, 6.07) is 14.4. The fourth-order valence-electron chi connectivity index (χ4n) is 2.65. The third-order valence-corrected chi connectivity index (χ3v) is 4.87. The number of aliphatic hydroxyl groups is 1. The van der Waals surface area contributed by atoms with Gasteiger partial charge >= 0.3 is 0 Å². The molecule has 0 amide bonds. The second-order valence-corrected chi connectivity index (χ2v) is 6.96. The first-order chi connectivity index (χ1) is 11.8. The Hall–Kier alpha value is -1.95. The summed E-state index contributed by atoms with van der Waals surface area (Å²) < 4.78 is 1.95. The van der Waals surface area contributed by atoms with Gasteiger partial charge in [-0.25, -0.2) is 4.68 Å². The van der Waals surface area contributed by atoms with Gasteiger partial charge in [-0.3, -0.25) is 0 Å². The van der Waals surface area contributed by atoms with Gasteiger partial charge < -0.3 is 10.4 Å². The maximum atomic E-state index is 9.01. The number of benzene rings is 1. The number of aliphatic hydroxyl groups excluding tert-OH is 1. The number of hydrogen-bond donors (Lipinski definition) is 2. The normalized spacial score (nSPS) is 12.4. The van der Waals surface area contributed by atoms with Gasteiger partial charge in [-0.15, -0.1) is 11.3 Å². The molecular weight excluding hydrogens is 318 g/mol. The predicted molar refractivity (Wildman–Crippen MR) is 99.5 cm³/mol. The van der Waals surface area contributed by atoms with Crippen molar-refractivity contribution >= 4 is 11.3 Å². The number of para-hydroxylation sites is 1. The smallest absolute Gasteiger partial charge is 0.107 e. The summed E-state index contributed by atoms with van der Waals surface area (Å²) in [6.07, 6.45) is 2.93. The molecule has 0 spiro atoms. The Morgan fingerprint density at radius 3 is 2.75 bits per heavy atom. The van der Waals surface area contributed by atoms with Crippen molar-refractivity contribution in [1.82, 2.24) is 15.1 Å². The number of nitrogens with zero attached hydrogens (tertiary/aromatic N) is 2. The molecule has 0 aliphatic heterocycles. The fraction of sp³-hybridized carbons (Fsp3) is 0.316. The molecule has 0 saturated carbocycles. The second kappa shape index (κ2) is 8.24. The molecular formula is C19H23N3OS. The van der Waals surface area contributed by atoms with E-state index < -0.39 is 0 Å². The number of hydrogen-bond acceptors (Lipinski definition) is 4. The molecule has 0 bridgehead atoms. The molecule has 0 aliphatic rings. The van der Waals surface area contributed by atoms with Gasteiger partial charge in [0.1, 0.15) is 5.69 Å². The van der Waals surface area contributed by atoms with Crippen LogP contribution in [0.3, 0.4) is 0 Å². The van der Waals surface area contributed by atoms with Gasteiger partial charge in [-0.2, -0.15) is 5.10 Å². The minimum Gasteiger partial charge on any atom is -0.396 e. The van der Waals surface area contributed by atoms with Crippen molar-refractivity contribution < 1.29 is 5.11 Å². The van der Waals surface area contributed by atoms with E-state index in [1.165, 1.54) is 10.4 Å². The van der Waals surface area contributed by atoms with E-state index in [0.717, 1.165) is 30.9 Å². The maximum absolute atomic E-state index is 9.01. The zero-order valence-corrected chi connectivity index (χ0v) is 14.7. The number of nitrogens with one attached hydrogen (secondary N) is 1. The first-order valence-electron chi connectivity index (χ1n) is 8.27. The van der Waals surface area contributed by atoms with E-state index in [-0.39, 0.29) is 6.61 Å². The molecule has 0 saturated heterocycles. The van der Waals surface area contributed by atoms with Crippen LogP contribution in [0.1, 0.15) is 18.9 Å². The van der Waals surface area contributed by atoms with Crippen LogP contribution < -0.4 is 5.32 Å². The van der Waals surface area contributed by atoms with E-state index in [0.29, 0.717) is 5.92 Å². The van der Waals surface area contributed by atoms with E-state index in [4.69, 9.17) is 10.2 Å². The highest BCUT2D eigenvalue weighted by molar-refractivity contribution is 7.13. The van der Waals surface area contributed by atoms with Crippen LogP contribution in [0.2, 0.25) is 0 Å². The van der Waals surface area contributed by atoms with Gasteiger partial charge in [0.05, 0.1) is 10.6 Å². The highest BCUT2D eigenvalue weighted by Crippen LogP contribution is 2.27. The molecule has 1 aromatic carbocycles. The van der Waals surface area contributed by atoms with E-state index in [2.05, 4.69) is 48.1 Å². The Balaban J connectivity index is 1.80. The Bertz CT molecular complexity index is 737. The first kappa shape index (κ1) is 16.9. The molecule has 0 fully saturated rings. The Morgan fingerprint density at radius 1 is 1.21 bits per heavy atom. The maximum Gasteiger partial charge on any atom is 0.107 e. The number of thiophene rings is 1. The lowest BCUT2D eigenvalue weighted by Crippen LogP contribution is -2.21. The van der Waals surface area contributed by atoms with Crippen LogP contribution in [0.4, 0.5) is 0 Å². The Morgan fingerprint density at radius 2 is 2.04 bits per heavy atom. The van der Waals surface area contributed by atoms with Gasteiger partial charge in [0.2, 0.25) is 0 Å². The topological polar surface area (TPSA) is 50.1 Å². The SMILES string of the molecule is CC(CCO)CNCc1cn(-c2ccccc2)nc1-c1cccs1. The van der Waals surface area contributed by atoms with Crippen LogP contribution in [-0.4, -0.2) is 28.0 Å². The monoisotopic (exact) mass is 341 g/mol. The highest BCUT2D eigenvalue weighted by atomic mass is 32.1. The summed E-state index contributed by atoms with van der Waals surface area (Å²) in [4.78, 5) is 1.19. The standard InChI is InChI=1S/C19H23N3OS/c1-15(9-10-23)12-20-13-16-14-22(17-6-3-2-4-7-17)21-19(16)18-8-5-11-24-18/h2-8,11,14-15,20,23H,9-10,12-13H2,1H3. The van der Waals surface area contributed by atoms with Gasteiger partial charge in [-0.05, 0) is 42.5 Å². The van der Waals surface area contributed by atoms with E-state index in [1.807, 2.05) is 22.9 Å². The van der Waals surface area contributed by atoms with Crippen LogP contribution in [-0.2, 0) is 6.54 Å². The van der Waals surface area contributed by atoms with Gasteiger partial charge in [0.15, 0.2) is 0 Å². The van der Waals surface area contributed by atoms with Crippen LogP contribution >= 0.6 is 11.3 Å². The summed E-state index contributed by atoms with van der Waals surface area (Å²) in [5, 5.41) is 19.4. The van der Waals surface area contributed by atoms with E-state index >= 15 is 0 Å². The first-order valence-corrected chi connectivity index (χ1v) is 9.15. The van der Waals surface area contributed by atoms with Gasteiger partial charge in [0.25, 0.3) is 0 Å². The minimum absolute atomic E-state index is 0.245. The molecule has 2 heterocycles. The molecule has 0 radical (unpaired) electrons. The van der Waals surface area contributed by atoms with Crippen LogP contribution in [0, 0.1) is 5.92 Å². The predicted octanol–water partition coefficient (Wildman–Crippen LogP) is 3.71. The summed E-state index contributed by atoms with van der Waals surface area (Å²) in [6.45, 7) is 4.06. The highest BCUT2D eigenvalue weighted by Gasteiger charge is 2.13. The minimum atomic E-state index is 0.245. The molecule has 3 aromatic rings. The van der Waals surface area contributed by atoms with Crippen molar-refractivity contribution in [2.45, 2.75) is 19.9 Å². The largest absolute Gasteiger partial charge is 0.396 e. The molecule has 1 atom stereocenters. The third-order valence-electron chi connectivity index (χ3n) is 4.00. The van der Waals surface area contributed by atoms with E-state index in [9.17, 15) is 0 Å². The molecule has 126 valence electrons. The zero-order valence-electron chi connectivity index (χ0n) is 13.9. The quantitative estimate of drug-likeness (QED) is 0.657. The summed E-state index contributed by atoms with van der Waals surface area (Å²) in [5.41, 5.74) is 3.30. The Kier molecular flexibility index (Phi) is 5.80. The average molecular weight is 341 g/mol. The zero-order chi connectivity index (χ0) is 16.8.